The second-order valence-corrected chi connectivity index (χ2v) is 7.26. The Hall–Kier alpha value is -2.10. The van der Waals surface area contributed by atoms with Crippen molar-refractivity contribution in [1.29, 1.82) is 0 Å². The molecule has 1 aromatic heterocycles. The van der Waals surface area contributed by atoms with Gasteiger partial charge in [-0.05, 0) is 28.1 Å². The zero-order valence-corrected chi connectivity index (χ0v) is 16.9. The van der Waals surface area contributed by atoms with Crippen molar-refractivity contribution in [2.75, 3.05) is 26.2 Å². The summed E-state index contributed by atoms with van der Waals surface area (Å²) in [5.74, 6) is 2.08. The highest BCUT2D eigenvalue weighted by atomic mass is 79.9. The molecular formula is C17H19BrN4O3S. The lowest BCUT2D eigenvalue weighted by Gasteiger charge is -2.25. The molecule has 0 bridgehead atoms. The van der Waals surface area contributed by atoms with Gasteiger partial charge in [0.15, 0.2) is 11.5 Å². The number of thioether (sulfide) groups is 1. The summed E-state index contributed by atoms with van der Waals surface area (Å²) in [6.45, 7) is 0. The Bertz CT molecular complexity index is 837. The van der Waals surface area contributed by atoms with Crippen molar-refractivity contribution in [2.24, 2.45) is 11.5 Å². The second-order valence-electron chi connectivity index (χ2n) is 5.32. The van der Waals surface area contributed by atoms with Gasteiger partial charge in [0.1, 0.15) is 15.9 Å². The molecule has 1 unspecified atom stereocenters. The molecule has 138 valence electrons. The van der Waals surface area contributed by atoms with Crippen LogP contribution in [-0.4, -0.2) is 31.8 Å². The summed E-state index contributed by atoms with van der Waals surface area (Å²) in [4.78, 5) is 7.09. The lowest BCUT2D eigenvalue weighted by molar-refractivity contribution is 0.324. The Labute approximate surface area is 164 Å². The maximum absolute atomic E-state index is 6.42. The normalized spacial score (nSPS) is 16.8. The number of anilines is 1. The van der Waals surface area contributed by atoms with Crippen molar-refractivity contribution < 1.29 is 14.2 Å². The van der Waals surface area contributed by atoms with Gasteiger partial charge in [0.25, 0.3) is 0 Å². The average molecular weight is 439 g/mol. The molecule has 0 radical (unpaired) electrons. The molecule has 4 N–H and O–H groups in total. The fourth-order valence-corrected chi connectivity index (χ4v) is 4.08. The number of ether oxygens (including phenoxy) is 3. The molecular weight excluding hydrogens is 420 g/mol. The standard InChI is InChI=1S/C17H19BrN4O3S/c1-23-11-7-9(8-12(24-2)14(11)25-3)22-16(19)15(26-17(22)20)10-5-4-6-13(18)21-10/h4-8,17H,19-20H2,1-3H3. The number of hydrogen-bond acceptors (Lipinski definition) is 8. The van der Waals surface area contributed by atoms with Gasteiger partial charge in [-0.2, -0.15) is 0 Å². The van der Waals surface area contributed by atoms with Gasteiger partial charge >= 0.3 is 0 Å². The summed E-state index contributed by atoms with van der Waals surface area (Å²) in [5, 5.41) is 0. The maximum atomic E-state index is 6.42. The van der Waals surface area contributed by atoms with Gasteiger partial charge in [-0.25, -0.2) is 4.98 Å². The van der Waals surface area contributed by atoms with Crippen LogP contribution in [0.15, 0.2) is 40.8 Å². The fourth-order valence-electron chi connectivity index (χ4n) is 2.70. The number of nitrogens with two attached hydrogens (primary N) is 2. The Morgan fingerprint density at radius 2 is 1.77 bits per heavy atom. The fraction of sp³-hybridized carbons (Fsp3) is 0.235. The third-order valence-corrected chi connectivity index (χ3v) is 5.41. The van der Waals surface area contributed by atoms with Gasteiger partial charge in [0.2, 0.25) is 5.75 Å². The topological polar surface area (TPSA) is 95.9 Å². The number of nitrogens with zero attached hydrogens (tertiary/aromatic N) is 2. The van der Waals surface area contributed by atoms with Crippen molar-refractivity contribution >= 4 is 38.3 Å². The molecule has 0 spiro atoms. The first-order valence-electron chi connectivity index (χ1n) is 7.64. The van der Waals surface area contributed by atoms with Crippen molar-refractivity contribution in [3.05, 3.63) is 46.4 Å². The van der Waals surface area contributed by atoms with Crippen LogP contribution in [0.5, 0.6) is 17.2 Å². The zero-order chi connectivity index (χ0) is 18.8. The van der Waals surface area contributed by atoms with E-state index in [0.29, 0.717) is 23.1 Å². The van der Waals surface area contributed by atoms with Crippen molar-refractivity contribution in [3.8, 4) is 17.2 Å². The van der Waals surface area contributed by atoms with Gasteiger partial charge in [0, 0.05) is 12.1 Å². The molecule has 0 fully saturated rings. The van der Waals surface area contributed by atoms with Crippen LogP contribution in [-0.2, 0) is 0 Å². The average Bonchev–Trinajstić information content (AvgIpc) is 2.94. The summed E-state index contributed by atoms with van der Waals surface area (Å²) in [5.41, 5.74) is 13.8. The highest BCUT2D eigenvalue weighted by molar-refractivity contribution is 9.10. The third kappa shape index (κ3) is 3.29. The van der Waals surface area contributed by atoms with Crippen LogP contribution in [0.3, 0.4) is 0 Å². The summed E-state index contributed by atoms with van der Waals surface area (Å²) in [6, 6.07) is 9.28. The molecule has 26 heavy (non-hydrogen) atoms. The second kappa shape index (κ2) is 7.65. The van der Waals surface area contributed by atoms with E-state index in [4.69, 9.17) is 25.7 Å². The van der Waals surface area contributed by atoms with Crippen LogP contribution in [0.1, 0.15) is 5.69 Å². The Balaban J connectivity index is 2.09. The van der Waals surface area contributed by atoms with E-state index in [2.05, 4.69) is 20.9 Å². The smallest absolute Gasteiger partial charge is 0.203 e. The van der Waals surface area contributed by atoms with Crippen LogP contribution in [0.25, 0.3) is 4.91 Å². The lowest BCUT2D eigenvalue weighted by atomic mass is 10.2. The molecule has 9 heteroatoms. The summed E-state index contributed by atoms with van der Waals surface area (Å²) in [6.07, 6.45) is 0. The summed E-state index contributed by atoms with van der Waals surface area (Å²) < 4.78 is 16.9. The van der Waals surface area contributed by atoms with E-state index in [9.17, 15) is 0 Å². The number of benzene rings is 1. The van der Waals surface area contributed by atoms with E-state index in [0.717, 1.165) is 20.9 Å². The first-order chi connectivity index (χ1) is 12.5. The Kier molecular flexibility index (Phi) is 5.49. The molecule has 7 nitrogen and oxygen atoms in total. The van der Waals surface area contributed by atoms with Crippen LogP contribution in [0.4, 0.5) is 5.69 Å². The molecule has 0 saturated heterocycles. The molecule has 3 rings (SSSR count). The number of rotatable bonds is 5. The lowest BCUT2D eigenvalue weighted by Crippen LogP contribution is -2.37. The SMILES string of the molecule is COc1cc(N2C(N)=C(c3cccc(Br)n3)SC2N)cc(OC)c1OC. The molecule has 1 atom stereocenters. The predicted molar refractivity (Wildman–Crippen MR) is 107 cm³/mol. The highest BCUT2D eigenvalue weighted by Gasteiger charge is 2.32. The molecule has 1 aromatic carbocycles. The van der Waals surface area contributed by atoms with E-state index in [1.165, 1.54) is 11.8 Å². The van der Waals surface area contributed by atoms with Gasteiger partial charge in [-0.1, -0.05) is 17.8 Å². The van der Waals surface area contributed by atoms with Gasteiger partial charge in [-0.15, -0.1) is 0 Å². The molecule has 2 aromatic rings. The van der Waals surface area contributed by atoms with Crippen molar-refractivity contribution in [2.45, 2.75) is 5.50 Å². The number of aromatic nitrogens is 1. The van der Waals surface area contributed by atoms with E-state index < -0.39 is 5.50 Å². The summed E-state index contributed by atoms with van der Waals surface area (Å²) >= 11 is 4.82. The van der Waals surface area contributed by atoms with Crippen LogP contribution < -0.4 is 30.6 Å². The minimum atomic E-state index is -0.409. The quantitative estimate of drug-likeness (QED) is 0.687. The number of methoxy groups -OCH3 is 3. The van der Waals surface area contributed by atoms with E-state index in [-0.39, 0.29) is 0 Å². The molecule has 0 saturated carbocycles. The van der Waals surface area contributed by atoms with Crippen LogP contribution in [0, 0.1) is 0 Å². The Morgan fingerprint density at radius 3 is 2.31 bits per heavy atom. The van der Waals surface area contributed by atoms with E-state index >= 15 is 0 Å². The minimum absolute atomic E-state index is 0.409. The summed E-state index contributed by atoms with van der Waals surface area (Å²) in [7, 11) is 4.69. The van der Waals surface area contributed by atoms with Crippen molar-refractivity contribution in [1.82, 2.24) is 4.98 Å². The van der Waals surface area contributed by atoms with Crippen LogP contribution in [0.2, 0.25) is 0 Å². The minimum Gasteiger partial charge on any atom is -0.493 e. The van der Waals surface area contributed by atoms with Crippen LogP contribution >= 0.6 is 27.7 Å². The maximum Gasteiger partial charge on any atom is 0.203 e. The largest absolute Gasteiger partial charge is 0.493 e. The molecule has 1 aliphatic heterocycles. The van der Waals surface area contributed by atoms with Crippen molar-refractivity contribution in [3.63, 3.8) is 0 Å². The monoisotopic (exact) mass is 438 g/mol. The third-order valence-electron chi connectivity index (χ3n) is 3.86. The van der Waals surface area contributed by atoms with E-state index in [1.54, 1.807) is 21.3 Å². The first kappa shape index (κ1) is 18.7. The molecule has 0 aliphatic carbocycles. The zero-order valence-electron chi connectivity index (χ0n) is 14.5. The highest BCUT2D eigenvalue weighted by Crippen LogP contribution is 2.46. The Morgan fingerprint density at radius 1 is 1.12 bits per heavy atom. The first-order valence-corrected chi connectivity index (χ1v) is 9.31. The number of halogens is 1. The predicted octanol–water partition coefficient (Wildman–Crippen LogP) is 2.95. The molecule has 0 amide bonds. The molecule has 1 aliphatic rings. The van der Waals surface area contributed by atoms with Gasteiger partial charge < -0.3 is 30.6 Å². The van der Waals surface area contributed by atoms with E-state index in [1.807, 2.05) is 35.2 Å². The van der Waals surface area contributed by atoms with Gasteiger partial charge in [-0.3, -0.25) is 0 Å². The van der Waals surface area contributed by atoms with Gasteiger partial charge in [0.05, 0.1) is 37.6 Å². The number of pyridine rings is 1. The molecule has 2 heterocycles. The number of hydrogen-bond donors (Lipinski definition) is 2.